The zero-order valence-electron chi connectivity index (χ0n) is 8.82. The van der Waals surface area contributed by atoms with E-state index in [4.69, 9.17) is 5.73 Å². The Hall–Kier alpha value is -1.44. The Morgan fingerprint density at radius 3 is 2.73 bits per heavy atom. The first-order valence-corrected chi connectivity index (χ1v) is 5.71. The van der Waals surface area contributed by atoms with E-state index < -0.39 is 0 Å². The number of nitrogens with two attached hydrogens (primary N) is 1. The minimum absolute atomic E-state index is 0.698. The fraction of sp³-hybridized carbons (Fsp3) is 0.385. The summed E-state index contributed by atoms with van der Waals surface area (Å²) in [5, 5.41) is 1.20. The molecule has 0 bridgehead atoms. The van der Waals surface area contributed by atoms with Crippen LogP contribution in [0.25, 0.3) is 10.9 Å². The quantitative estimate of drug-likeness (QED) is 0.703. The molecule has 2 nitrogen and oxygen atoms in total. The van der Waals surface area contributed by atoms with Crippen molar-refractivity contribution in [2.24, 2.45) is 0 Å². The van der Waals surface area contributed by atoms with E-state index in [1.807, 2.05) is 12.1 Å². The summed E-state index contributed by atoms with van der Waals surface area (Å²) >= 11 is 0. The van der Waals surface area contributed by atoms with Gasteiger partial charge in [0.05, 0.1) is 5.52 Å². The summed E-state index contributed by atoms with van der Waals surface area (Å²) in [6, 6.07) is 9.03. The summed E-state index contributed by atoms with van der Waals surface area (Å²) in [6.45, 7) is 0. The molecule has 1 aromatic heterocycles. The predicted molar refractivity (Wildman–Crippen MR) is 63.9 cm³/mol. The first-order valence-electron chi connectivity index (χ1n) is 5.71. The standard InChI is InChI=1S/C13H16N2/c14-12-6-3-7-13-11(12)8-9-15(13)10-4-1-2-5-10/h3,6-10H,1-2,4-5,14H2. The van der Waals surface area contributed by atoms with E-state index in [1.165, 1.54) is 36.6 Å². The molecule has 3 rings (SSSR count). The molecule has 1 heterocycles. The van der Waals surface area contributed by atoms with Gasteiger partial charge < -0.3 is 10.3 Å². The molecule has 1 aliphatic rings. The van der Waals surface area contributed by atoms with Gasteiger partial charge in [0.1, 0.15) is 0 Å². The molecular weight excluding hydrogens is 184 g/mol. The van der Waals surface area contributed by atoms with Gasteiger partial charge in [-0.3, -0.25) is 0 Å². The molecule has 0 aliphatic heterocycles. The van der Waals surface area contributed by atoms with Crippen molar-refractivity contribution in [1.82, 2.24) is 4.57 Å². The van der Waals surface area contributed by atoms with Crippen molar-refractivity contribution in [3.63, 3.8) is 0 Å². The number of fused-ring (bicyclic) bond motifs is 1. The average Bonchev–Trinajstić information content (AvgIpc) is 2.85. The summed E-state index contributed by atoms with van der Waals surface area (Å²) in [6.07, 6.45) is 7.56. The molecule has 2 heteroatoms. The van der Waals surface area contributed by atoms with Crippen molar-refractivity contribution in [1.29, 1.82) is 0 Å². The van der Waals surface area contributed by atoms with E-state index in [-0.39, 0.29) is 0 Å². The molecule has 0 amide bonds. The molecule has 15 heavy (non-hydrogen) atoms. The maximum atomic E-state index is 5.95. The van der Waals surface area contributed by atoms with Gasteiger partial charge in [0, 0.05) is 23.3 Å². The highest BCUT2D eigenvalue weighted by atomic mass is 15.0. The highest BCUT2D eigenvalue weighted by molar-refractivity contribution is 5.91. The molecule has 78 valence electrons. The number of nitrogen functional groups attached to an aromatic ring is 1. The van der Waals surface area contributed by atoms with Gasteiger partial charge in [-0.25, -0.2) is 0 Å². The highest BCUT2D eigenvalue weighted by Gasteiger charge is 2.18. The second-order valence-corrected chi connectivity index (χ2v) is 4.44. The molecule has 2 aromatic rings. The molecule has 0 atom stereocenters. The zero-order valence-corrected chi connectivity index (χ0v) is 8.82. The predicted octanol–water partition coefficient (Wildman–Crippen LogP) is 3.34. The maximum Gasteiger partial charge on any atom is 0.0503 e. The second-order valence-electron chi connectivity index (χ2n) is 4.44. The third-order valence-electron chi connectivity index (χ3n) is 3.51. The number of hydrogen-bond donors (Lipinski definition) is 1. The fourth-order valence-electron chi connectivity index (χ4n) is 2.71. The van der Waals surface area contributed by atoms with Crippen LogP contribution in [0.4, 0.5) is 5.69 Å². The van der Waals surface area contributed by atoms with Gasteiger partial charge >= 0.3 is 0 Å². The van der Waals surface area contributed by atoms with E-state index in [9.17, 15) is 0 Å². The van der Waals surface area contributed by atoms with E-state index in [1.54, 1.807) is 0 Å². The third kappa shape index (κ3) is 1.32. The van der Waals surface area contributed by atoms with E-state index >= 15 is 0 Å². The topological polar surface area (TPSA) is 30.9 Å². The second kappa shape index (κ2) is 3.30. The van der Waals surface area contributed by atoms with Crippen LogP contribution in [-0.4, -0.2) is 4.57 Å². The largest absolute Gasteiger partial charge is 0.398 e. The molecule has 1 aromatic carbocycles. The molecule has 0 radical (unpaired) electrons. The first-order chi connectivity index (χ1) is 7.36. The van der Waals surface area contributed by atoms with Crippen molar-refractivity contribution >= 4 is 16.6 Å². The Balaban J connectivity index is 2.15. The van der Waals surface area contributed by atoms with Crippen molar-refractivity contribution < 1.29 is 0 Å². The van der Waals surface area contributed by atoms with Crippen molar-refractivity contribution in [3.8, 4) is 0 Å². The summed E-state index contributed by atoms with van der Waals surface area (Å²) in [5.41, 5.74) is 8.14. The van der Waals surface area contributed by atoms with Gasteiger partial charge in [0.25, 0.3) is 0 Å². The smallest absolute Gasteiger partial charge is 0.0503 e. The van der Waals surface area contributed by atoms with Gasteiger partial charge in [-0.15, -0.1) is 0 Å². The van der Waals surface area contributed by atoms with Crippen LogP contribution < -0.4 is 5.73 Å². The van der Waals surface area contributed by atoms with Gasteiger partial charge in [-0.05, 0) is 31.0 Å². The molecule has 1 saturated carbocycles. The van der Waals surface area contributed by atoms with Crippen LogP contribution in [-0.2, 0) is 0 Å². The van der Waals surface area contributed by atoms with Crippen LogP contribution in [0.3, 0.4) is 0 Å². The van der Waals surface area contributed by atoms with E-state index in [0.29, 0.717) is 6.04 Å². The lowest BCUT2D eigenvalue weighted by Gasteiger charge is -2.13. The highest BCUT2D eigenvalue weighted by Crippen LogP contribution is 2.33. The molecule has 0 spiro atoms. The Kier molecular flexibility index (Phi) is 1.94. The van der Waals surface area contributed by atoms with Crippen molar-refractivity contribution in [2.45, 2.75) is 31.7 Å². The number of rotatable bonds is 1. The lowest BCUT2D eigenvalue weighted by Crippen LogP contribution is -2.02. The molecule has 0 unspecified atom stereocenters. The van der Waals surface area contributed by atoms with Crippen LogP contribution >= 0.6 is 0 Å². The van der Waals surface area contributed by atoms with Gasteiger partial charge in [-0.2, -0.15) is 0 Å². The van der Waals surface area contributed by atoms with E-state index in [0.717, 1.165) is 5.69 Å². The lowest BCUT2D eigenvalue weighted by atomic mass is 10.2. The summed E-state index contributed by atoms with van der Waals surface area (Å²) < 4.78 is 2.40. The minimum atomic E-state index is 0.698. The van der Waals surface area contributed by atoms with Crippen molar-refractivity contribution in [2.75, 3.05) is 5.73 Å². The van der Waals surface area contributed by atoms with Crippen LogP contribution in [0.15, 0.2) is 30.5 Å². The van der Waals surface area contributed by atoms with Gasteiger partial charge in [-0.1, -0.05) is 18.9 Å². The number of aromatic nitrogens is 1. The molecule has 1 fully saturated rings. The number of hydrogen-bond acceptors (Lipinski definition) is 1. The van der Waals surface area contributed by atoms with Gasteiger partial charge in [0.15, 0.2) is 0 Å². The Morgan fingerprint density at radius 1 is 1.13 bits per heavy atom. The van der Waals surface area contributed by atoms with Crippen LogP contribution in [0.5, 0.6) is 0 Å². The molecule has 2 N–H and O–H groups in total. The lowest BCUT2D eigenvalue weighted by molar-refractivity contribution is 0.536. The number of anilines is 1. The first kappa shape index (κ1) is 8.84. The summed E-state index contributed by atoms with van der Waals surface area (Å²) in [7, 11) is 0. The average molecular weight is 200 g/mol. The van der Waals surface area contributed by atoms with Crippen molar-refractivity contribution in [3.05, 3.63) is 30.5 Å². The van der Waals surface area contributed by atoms with Crippen LogP contribution in [0.2, 0.25) is 0 Å². The minimum Gasteiger partial charge on any atom is -0.398 e. The Morgan fingerprint density at radius 2 is 1.93 bits per heavy atom. The summed E-state index contributed by atoms with van der Waals surface area (Å²) in [5.74, 6) is 0. The van der Waals surface area contributed by atoms with Gasteiger partial charge in [0.2, 0.25) is 0 Å². The Labute approximate surface area is 89.7 Å². The SMILES string of the molecule is Nc1cccc2c1ccn2C1CCCC1. The molecular formula is C13H16N2. The monoisotopic (exact) mass is 200 g/mol. The van der Waals surface area contributed by atoms with Crippen LogP contribution in [0.1, 0.15) is 31.7 Å². The number of benzene rings is 1. The molecule has 0 saturated heterocycles. The molecule has 1 aliphatic carbocycles. The van der Waals surface area contributed by atoms with E-state index in [2.05, 4.69) is 22.9 Å². The van der Waals surface area contributed by atoms with Crippen LogP contribution in [0, 0.1) is 0 Å². The number of nitrogens with zero attached hydrogens (tertiary/aromatic N) is 1. The normalized spacial score (nSPS) is 17.6. The Bertz CT molecular complexity index is 478. The third-order valence-corrected chi connectivity index (χ3v) is 3.51. The zero-order chi connectivity index (χ0) is 10.3. The fourth-order valence-corrected chi connectivity index (χ4v) is 2.71. The maximum absolute atomic E-state index is 5.95. The summed E-state index contributed by atoms with van der Waals surface area (Å²) in [4.78, 5) is 0.